The lowest BCUT2D eigenvalue weighted by Gasteiger charge is -2.18. The number of hydrogen-bond donors (Lipinski definition) is 1. The standard InChI is InChI=1S/C15H18N2O2/c1-17-12-7-6-11(8-13(12)19-15(17)18)16-14(9-2-3-9)10-4-5-10/h6-10,14,16H,2-5H2,1H3. The molecule has 2 aliphatic carbocycles. The van der Waals surface area contributed by atoms with E-state index >= 15 is 0 Å². The lowest BCUT2D eigenvalue weighted by Crippen LogP contribution is -2.24. The third kappa shape index (κ3) is 1.95. The summed E-state index contributed by atoms with van der Waals surface area (Å²) in [5.41, 5.74) is 2.60. The highest BCUT2D eigenvalue weighted by Crippen LogP contribution is 2.45. The van der Waals surface area contributed by atoms with E-state index < -0.39 is 0 Å². The van der Waals surface area contributed by atoms with Crippen LogP contribution in [0.2, 0.25) is 0 Å². The molecular formula is C15H18N2O2. The quantitative estimate of drug-likeness (QED) is 0.917. The van der Waals surface area contributed by atoms with Crippen molar-refractivity contribution in [3.05, 3.63) is 28.7 Å². The van der Waals surface area contributed by atoms with Crippen molar-refractivity contribution in [1.82, 2.24) is 4.57 Å². The molecule has 19 heavy (non-hydrogen) atoms. The number of oxazole rings is 1. The lowest BCUT2D eigenvalue weighted by molar-refractivity contribution is 0.528. The summed E-state index contributed by atoms with van der Waals surface area (Å²) in [5, 5.41) is 3.65. The topological polar surface area (TPSA) is 47.2 Å². The first kappa shape index (κ1) is 11.1. The smallest absolute Gasteiger partial charge is 0.408 e. The van der Waals surface area contributed by atoms with Crippen LogP contribution in [0, 0.1) is 11.8 Å². The van der Waals surface area contributed by atoms with Crippen LogP contribution >= 0.6 is 0 Å². The van der Waals surface area contributed by atoms with Crippen LogP contribution in [0.25, 0.3) is 11.1 Å². The second-order valence-corrected chi connectivity index (χ2v) is 5.95. The molecule has 100 valence electrons. The van der Waals surface area contributed by atoms with E-state index in [0.717, 1.165) is 23.0 Å². The summed E-state index contributed by atoms with van der Waals surface area (Å²) in [4.78, 5) is 11.5. The maximum Gasteiger partial charge on any atom is 0.419 e. The largest absolute Gasteiger partial charge is 0.419 e. The van der Waals surface area contributed by atoms with Crippen LogP contribution in [0.1, 0.15) is 25.7 Å². The maximum atomic E-state index is 11.5. The van der Waals surface area contributed by atoms with Gasteiger partial charge in [0, 0.05) is 24.8 Å². The molecule has 1 N–H and O–H groups in total. The predicted molar refractivity (Wildman–Crippen MR) is 74.3 cm³/mol. The first-order valence-corrected chi connectivity index (χ1v) is 7.08. The first-order chi connectivity index (χ1) is 9.22. The van der Waals surface area contributed by atoms with Crippen molar-refractivity contribution >= 4 is 16.8 Å². The van der Waals surface area contributed by atoms with Gasteiger partial charge in [-0.1, -0.05) is 0 Å². The molecule has 1 heterocycles. The average Bonchev–Trinajstić information content (AvgIpc) is 3.27. The third-order valence-electron chi connectivity index (χ3n) is 4.39. The average molecular weight is 258 g/mol. The van der Waals surface area contributed by atoms with Crippen LogP contribution in [0.4, 0.5) is 5.69 Å². The Morgan fingerprint density at radius 1 is 1.26 bits per heavy atom. The van der Waals surface area contributed by atoms with Crippen LogP contribution in [0.5, 0.6) is 0 Å². The molecule has 0 atom stereocenters. The second-order valence-electron chi connectivity index (χ2n) is 5.95. The van der Waals surface area contributed by atoms with E-state index in [1.165, 1.54) is 25.7 Å². The summed E-state index contributed by atoms with van der Waals surface area (Å²) in [6, 6.07) is 6.58. The zero-order valence-corrected chi connectivity index (χ0v) is 11.1. The first-order valence-electron chi connectivity index (χ1n) is 7.08. The highest BCUT2D eigenvalue weighted by Gasteiger charge is 2.41. The van der Waals surface area contributed by atoms with E-state index in [1.54, 1.807) is 11.6 Å². The van der Waals surface area contributed by atoms with E-state index in [0.29, 0.717) is 11.6 Å². The van der Waals surface area contributed by atoms with Gasteiger partial charge in [-0.25, -0.2) is 4.79 Å². The number of nitrogens with one attached hydrogen (secondary N) is 1. The minimum atomic E-state index is -0.298. The van der Waals surface area contributed by atoms with Gasteiger partial charge in [-0.05, 0) is 49.7 Å². The molecule has 0 unspecified atom stereocenters. The number of nitrogens with zero attached hydrogens (tertiary/aromatic N) is 1. The molecule has 2 aliphatic rings. The molecule has 2 aromatic rings. The molecule has 0 bridgehead atoms. The molecule has 1 aromatic heterocycles. The van der Waals surface area contributed by atoms with E-state index in [4.69, 9.17) is 4.42 Å². The lowest BCUT2D eigenvalue weighted by atomic mass is 10.1. The van der Waals surface area contributed by atoms with Crippen LogP contribution in [0.3, 0.4) is 0 Å². The predicted octanol–water partition coefficient (Wildman–Crippen LogP) is 2.73. The van der Waals surface area contributed by atoms with Crippen LogP contribution < -0.4 is 11.1 Å². The Balaban J connectivity index is 1.65. The third-order valence-corrected chi connectivity index (χ3v) is 4.39. The number of benzene rings is 1. The molecule has 4 heteroatoms. The van der Waals surface area contributed by atoms with Gasteiger partial charge in [0.05, 0.1) is 5.52 Å². The van der Waals surface area contributed by atoms with Gasteiger partial charge in [-0.15, -0.1) is 0 Å². The minimum Gasteiger partial charge on any atom is -0.408 e. The van der Waals surface area contributed by atoms with Gasteiger partial charge in [-0.3, -0.25) is 4.57 Å². The van der Waals surface area contributed by atoms with Gasteiger partial charge in [0.15, 0.2) is 5.58 Å². The number of fused-ring (bicyclic) bond motifs is 1. The molecule has 0 aliphatic heterocycles. The van der Waals surface area contributed by atoms with Crippen molar-refractivity contribution < 1.29 is 4.42 Å². The monoisotopic (exact) mass is 258 g/mol. The van der Waals surface area contributed by atoms with Gasteiger partial charge < -0.3 is 9.73 Å². The number of anilines is 1. The Morgan fingerprint density at radius 2 is 1.95 bits per heavy atom. The Kier molecular flexibility index (Phi) is 2.28. The number of aryl methyl sites for hydroxylation is 1. The van der Waals surface area contributed by atoms with E-state index in [1.807, 2.05) is 12.1 Å². The normalized spacial score (nSPS) is 19.3. The molecule has 0 radical (unpaired) electrons. The highest BCUT2D eigenvalue weighted by molar-refractivity contribution is 5.77. The van der Waals surface area contributed by atoms with Crippen LogP contribution in [0.15, 0.2) is 27.4 Å². The van der Waals surface area contributed by atoms with Crippen LogP contribution in [-0.4, -0.2) is 10.6 Å². The summed E-state index contributed by atoms with van der Waals surface area (Å²) in [5.74, 6) is 1.41. The van der Waals surface area contributed by atoms with Gasteiger partial charge in [-0.2, -0.15) is 0 Å². The summed E-state index contributed by atoms with van der Waals surface area (Å²) < 4.78 is 6.78. The van der Waals surface area contributed by atoms with Crippen molar-refractivity contribution in [2.24, 2.45) is 18.9 Å². The van der Waals surface area contributed by atoms with Crippen molar-refractivity contribution in [3.63, 3.8) is 0 Å². The highest BCUT2D eigenvalue weighted by atomic mass is 16.4. The number of hydrogen-bond acceptors (Lipinski definition) is 3. The molecule has 4 nitrogen and oxygen atoms in total. The number of rotatable bonds is 4. The Hall–Kier alpha value is -1.71. The van der Waals surface area contributed by atoms with E-state index in [2.05, 4.69) is 11.4 Å². The Morgan fingerprint density at radius 3 is 2.58 bits per heavy atom. The summed E-state index contributed by atoms with van der Waals surface area (Å²) in [6.45, 7) is 0. The van der Waals surface area contributed by atoms with Gasteiger partial charge in [0.25, 0.3) is 0 Å². The second kappa shape index (κ2) is 3.89. The molecule has 1 aromatic carbocycles. The van der Waals surface area contributed by atoms with Crippen molar-refractivity contribution in [3.8, 4) is 0 Å². The minimum absolute atomic E-state index is 0.298. The Bertz CT molecular complexity index is 665. The zero-order valence-electron chi connectivity index (χ0n) is 11.1. The molecule has 2 saturated carbocycles. The van der Waals surface area contributed by atoms with Gasteiger partial charge >= 0.3 is 5.76 Å². The summed E-state index contributed by atoms with van der Waals surface area (Å²) in [7, 11) is 1.73. The molecule has 0 spiro atoms. The van der Waals surface area contributed by atoms with Crippen molar-refractivity contribution in [1.29, 1.82) is 0 Å². The zero-order chi connectivity index (χ0) is 13.0. The fourth-order valence-corrected chi connectivity index (χ4v) is 2.95. The van der Waals surface area contributed by atoms with E-state index in [9.17, 15) is 4.79 Å². The summed E-state index contributed by atoms with van der Waals surface area (Å²) >= 11 is 0. The molecular weight excluding hydrogens is 240 g/mol. The molecule has 2 fully saturated rings. The van der Waals surface area contributed by atoms with Crippen molar-refractivity contribution in [2.45, 2.75) is 31.7 Å². The van der Waals surface area contributed by atoms with Gasteiger partial charge in [0.2, 0.25) is 0 Å². The van der Waals surface area contributed by atoms with Crippen molar-refractivity contribution in [2.75, 3.05) is 5.32 Å². The molecule has 0 saturated heterocycles. The summed E-state index contributed by atoms with van der Waals surface area (Å²) in [6.07, 6.45) is 5.43. The Labute approximate surface area is 111 Å². The van der Waals surface area contributed by atoms with E-state index in [-0.39, 0.29) is 5.76 Å². The SMILES string of the molecule is Cn1c(=O)oc2cc(NC(C3CC3)C3CC3)ccc21. The fraction of sp³-hybridized carbons (Fsp3) is 0.533. The number of aromatic nitrogens is 1. The van der Waals surface area contributed by atoms with Gasteiger partial charge in [0.1, 0.15) is 0 Å². The fourth-order valence-electron chi connectivity index (χ4n) is 2.95. The van der Waals surface area contributed by atoms with Crippen LogP contribution in [-0.2, 0) is 7.05 Å². The molecule has 4 rings (SSSR count). The molecule has 0 amide bonds. The maximum absolute atomic E-state index is 11.5.